The van der Waals surface area contributed by atoms with Crippen molar-refractivity contribution in [2.75, 3.05) is 40.8 Å². The maximum absolute atomic E-state index is 14.7. The van der Waals surface area contributed by atoms with Crippen LogP contribution < -0.4 is 11.1 Å². The van der Waals surface area contributed by atoms with Crippen LogP contribution in [0.3, 0.4) is 0 Å². The van der Waals surface area contributed by atoms with E-state index in [2.05, 4.69) is 5.32 Å². The third-order valence-electron chi connectivity index (χ3n) is 8.79. The number of hydrogen-bond acceptors (Lipinski definition) is 10. The van der Waals surface area contributed by atoms with E-state index in [-0.39, 0.29) is 18.5 Å². The second-order valence-electron chi connectivity index (χ2n) is 11.4. The number of phenols is 1. The maximum atomic E-state index is 14.7. The highest BCUT2D eigenvalue weighted by Crippen LogP contribution is 2.54. The number of carbonyl (C=O) groups excluding carboxylic acids is 3. The Morgan fingerprint density at radius 2 is 1.88 bits per heavy atom. The molecule has 0 spiro atoms. The highest BCUT2D eigenvalue weighted by atomic mass is 19.4. The Morgan fingerprint density at radius 1 is 1.22 bits per heavy atom. The number of nitrogens with one attached hydrogen (secondary N) is 1. The number of primary amides is 1. The smallest absolute Gasteiger partial charge is 0.417 e. The van der Waals surface area contributed by atoms with E-state index >= 15 is 0 Å². The minimum atomic E-state index is -4.91. The summed E-state index contributed by atoms with van der Waals surface area (Å²) < 4.78 is 44.1. The van der Waals surface area contributed by atoms with Crippen molar-refractivity contribution in [2.24, 2.45) is 17.6 Å². The Bertz CT molecular complexity index is 1440. The number of halogens is 3. The summed E-state index contributed by atoms with van der Waals surface area (Å²) in [5, 5.41) is 47.7. The van der Waals surface area contributed by atoms with Crippen molar-refractivity contribution < 1.29 is 48.0 Å². The summed E-state index contributed by atoms with van der Waals surface area (Å²) in [6.45, 7) is 1.24. The van der Waals surface area contributed by atoms with Gasteiger partial charge in [-0.3, -0.25) is 19.3 Å². The SMILES string of the molecule is CN1CCNC(c2cc(O)c3c(c2C(F)(F)F)C[C@H]2C[C@H]4[C@H](N(C)C)C(O)=C(C(N)=O)C(=O)[C@@]4(O)C(O)=C2C3=O)C1. The molecule has 0 saturated carbocycles. The van der Waals surface area contributed by atoms with Crippen molar-refractivity contribution in [3.63, 3.8) is 0 Å². The normalized spacial score (nSPS) is 30.8. The fourth-order valence-electron chi connectivity index (χ4n) is 7.07. The van der Waals surface area contributed by atoms with Gasteiger partial charge in [0.2, 0.25) is 5.78 Å². The lowest BCUT2D eigenvalue weighted by molar-refractivity contribution is -0.148. The van der Waals surface area contributed by atoms with Crippen molar-refractivity contribution >= 4 is 17.5 Å². The van der Waals surface area contributed by atoms with Crippen molar-refractivity contribution in [3.05, 3.63) is 51.0 Å². The van der Waals surface area contributed by atoms with E-state index in [0.29, 0.717) is 13.1 Å². The lowest BCUT2D eigenvalue weighted by atomic mass is 9.58. The molecule has 0 bridgehead atoms. The molecule has 1 aromatic carbocycles. The molecular formula is C27H31F3N4O7. The van der Waals surface area contributed by atoms with Crippen LogP contribution in [0, 0.1) is 11.8 Å². The van der Waals surface area contributed by atoms with Crippen LogP contribution in [0.2, 0.25) is 0 Å². The van der Waals surface area contributed by atoms with Gasteiger partial charge in [-0.25, -0.2) is 0 Å². The number of aromatic hydroxyl groups is 1. The first-order valence-electron chi connectivity index (χ1n) is 13.0. The van der Waals surface area contributed by atoms with E-state index in [1.165, 1.54) is 19.0 Å². The van der Waals surface area contributed by atoms with Crippen LogP contribution >= 0.6 is 0 Å². The number of aliphatic hydroxyl groups excluding tert-OH is 2. The van der Waals surface area contributed by atoms with Crippen molar-refractivity contribution in [1.82, 2.24) is 15.1 Å². The Hall–Kier alpha value is -3.46. The molecule has 5 atom stereocenters. The summed E-state index contributed by atoms with van der Waals surface area (Å²) in [6.07, 6.45) is -5.67. The van der Waals surface area contributed by atoms with E-state index in [0.717, 1.165) is 6.07 Å². The average Bonchev–Trinajstić information content (AvgIpc) is 2.84. The van der Waals surface area contributed by atoms with Gasteiger partial charge in [0, 0.05) is 37.2 Å². The van der Waals surface area contributed by atoms with Gasteiger partial charge in [0.05, 0.1) is 17.2 Å². The van der Waals surface area contributed by atoms with E-state index in [9.17, 15) is 48.0 Å². The van der Waals surface area contributed by atoms with Gasteiger partial charge in [0.15, 0.2) is 11.4 Å². The molecule has 5 rings (SSSR count). The minimum Gasteiger partial charge on any atom is -0.510 e. The Kier molecular flexibility index (Phi) is 6.76. The quantitative estimate of drug-likeness (QED) is 0.279. The van der Waals surface area contributed by atoms with E-state index < -0.39 is 105 Å². The first-order chi connectivity index (χ1) is 19.0. The first-order valence-corrected chi connectivity index (χ1v) is 13.0. The summed E-state index contributed by atoms with van der Waals surface area (Å²) in [5.41, 5.74) is -1.45. The molecule has 41 heavy (non-hydrogen) atoms. The molecule has 1 saturated heterocycles. The first kappa shape index (κ1) is 29.0. The highest BCUT2D eigenvalue weighted by Gasteiger charge is 2.63. The number of nitrogens with two attached hydrogens (primary N) is 1. The standard InChI is InChI=1S/C27H31F3N4O7/c1-33(2)20-13-7-10-6-12-17(15(35)8-11(19(12)27(28,29)30)14-9-34(3)5-4-32-14)21(36)16(10)23(38)26(13,41)24(39)18(22(20)37)25(31)40/h8,10,13-14,20,32,35,37-38,41H,4-7,9H2,1-3H3,(H2,31,40)/t10-,13-,14?,20-,26-/m0/s1. The van der Waals surface area contributed by atoms with Crippen LogP contribution in [-0.2, 0) is 22.2 Å². The number of carbonyl (C=O) groups is 3. The zero-order chi connectivity index (χ0) is 30.3. The molecule has 222 valence electrons. The van der Waals surface area contributed by atoms with Crippen LogP contribution in [0.5, 0.6) is 5.75 Å². The fourth-order valence-corrected chi connectivity index (χ4v) is 7.07. The Morgan fingerprint density at radius 3 is 2.44 bits per heavy atom. The number of aliphatic hydroxyl groups is 3. The lowest BCUT2D eigenvalue weighted by Gasteiger charge is -2.50. The number of nitrogens with zero attached hydrogens (tertiary/aromatic N) is 2. The van der Waals surface area contributed by atoms with Gasteiger partial charge in [-0.15, -0.1) is 0 Å². The van der Waals surface area contributed by atoms with E-state index in [4.69, 9.17) is 5.73 Å². The van der Waals surface area contributed by atoms with Crippen molar-refractivity contribution in [1.29, 1.82) is 0 Å². The molecule has 1 aromatic rings. The molecule has 11 nitrogen and oxygen atoms in total. The highest BCUT2D eigenvalue weighted by molar-refractivity contribution is 6.24. The molecule has 1 aliphatic heterocycles. The maximum Gasteiger partial charge on any atom is 0.417 e. The summed E-state index contributed by atoms with van der Waals surface area (Å²) in [5.74, 6) is -9.03. The predicted molar refractivity (Wildman–Crippen MR) is 137 cm³/mol. The van der Waals surface area contributed by atoms with Gasteiger partial charge in [-0.05, 0) is 57.1 Å². The van der Waals surface area contributed by atoms with Crippen molar-refractivity contribution in [2.45, 2.75) is 36.7 Å². The summed E-state index contributed by atoms with van der Waals surface area (Å²) in [4.78, 5) is 42.4. The molecule has 1 heterocycles. The number of amides is 1. The number of alkyl halides is 3. The number of Topliss-reactive ketones (excluding diaryl/α,β-unsaturated/α-hetero) is 2. The van der Waals surface area contributed by atoms with Crippen LogP contribution in [0.1, 0.15) is 39.5 Å². The summed E-state index contributed by atoms with van der Waals surface area (Å²) >= 11 is 0. The monoisotopic (exact) mass is 580 g/mol. The molecule has 3 aliphatic carbocycles. The van der Waals surface area contributed by atoms with Crippen LogP contribution in [0.25, 0.3) is 0 Å². The molecule has 14 heteroatoms. The van der Waals surface area contributed by atoms with Crippen molar-refractivity contribution in [3.8, 4) is 5.75 Å². The second-order valence-corrected chi connectivity index (χ2v) is 11.4. The van der Waals surface area contributed by atoms with Gasteiger partial charge in [-0.2, -0.15) is 13.2 Å². The summed E-state index contributed by atoms with van der Waals surface area (Å²) in [6, 6.07) is -1.14. The number of benzene rings is 1. The molecule has 1 amide bonds. The number of rotatable bonds is 3. The molecule has 1 fully saturated rings. The average molecular weight is 581 g/mol. The fraction of sp³-hybridized carbons (Fsp3) is 0.519. The van der Waals surface area contributed by atoms with Gasteiger partial charge < -0.3 is 36.4 Å². The lowest BCUT2D eigenvalue weighted by Crippen LogP contribution is -2.63. The number of likely N-dealkylation sites (N-methyl/N-ethyl adjacent to an activating group) is 2. The Balaban J connectivity index is 1.73. The zero-order valence-electron chi connectivity index (χ0n) is 22.5. The minimum absolute atomic E-state index is 0.220. The Labute approximate surface area is 232 Å². The van der Waals surface area contributed by atoms with Gasteiger partial charge in [0.1, 0.15) is 22.8 Å². The van der Waals surface area contributed by atoms with Gasteiger partial charge >= 0.3 is 6.18 Å². The largest absolute Gasteiger partial charge is 0.510 e. The van der Waals surface area contributed by atoms with E-state index in [1.54, 1.807) is 7.05 Å². The molecule has 0 aromatic heterocycles. The molecule has 4 aliphatic rings. The molecular weight excluding hydrogens is 549 g/mol. The van der Waals surface area contributed by atoms with Gasteiger partial charge in [0.25, 0.3) is 5.91 Å². The topological polar surface area (TPSA) is 177 Å². The molecule has 7 N–H and O–H groups in total. The number of piperazine rings is 1. The second kappa shape index (κ2) is 9.54. The van der Waals surface area contributed by atoms with Gasteiger partial charge in [-0.1, -0.05) is 0 Å². The van der Waals surface area contributed by atoms with Crippen LogP contribution in [-0.4, -0.2) is 100 Å². The number of fused-ring (bicyclic) bond motifs is 3. The third-order valence-corrected chi connectivity index (χ3v) is 8.79. The number of phenolic OH excluding ortho intramolecular Hbond substituents is 1. The molecule has 0 radical (unpaired) electrons. The van der Waals surface area contributed by atoms with E-state index in [1.807, 2.05) is 4.90 Å². The van der Waals surface area contributed by atoms with Crippen LogP contribution in [0.15, 0.2) is 28.7 Å². The van der Waals surface area contributed by atoms with Crippen LogP contribution in [0.4, 0.5) is 13.2 Å². The summed E-state index contributed by atoms with van der Waals surface area (Å²) in [7, 11) is 4.69. The molecule has 1 unspecified atom stereocenters. The number of allylic oxidation sites excluding steroid dienone is 1. The predicted octanol–water partition coefficient (Wildman–Crippen LogP) is 0.716. The number of hydrogen-bond donors (Lipinski definition) is 6. The number of ketones is 2. The third kappa shape index (κ3) is 4.15. The zero-order valence-corrected chi connectivity index (χ0v) is 22.5.